The lowest BCUT2D eigenvalue weighted by Crippen LogP contribution is -1.94. The first-order chi connectivity index (χ1) is 6.67. The van der Waals surface area contributed by atoms with E-state index in [0.29, 0.717) is 5.92 Å². The Bertz CT molecular complexity index is 281. The summed E-state index contributed by atoms with van der Waals surface area (Å²) < 4.78 is 0. The van der Waals surface area contributed by atoms with E-state index in [9.17, 15) is 0 Å². The third-order valence-corrected chi connectivity index (χ3v) is 4.07. The number of alkyl halides is 1. The van der Waals surface area contributed by atoms with Crippen LogP contribution in [-0.4, -0.2) is 4.98 Å². The van der Waals surface area contributed by atoms with Crippen LogP contribution in [0.25, 0.3) is 0 Å². The first-order valence-electron chi connectivity index (χ1n) is 5.20. The molecule has 0 aliphatic carbocycles. The third kappa shape index (κ3) is 3.35. The maximum atomic E-state index is 4.70. The van der Waals surface area contributed by atoms with Crippen LogP contribution >= 0.6 is 27.3 Å². The minimum atomic E-state index is 0.707. The summed E-state index contributed by atoms with van der Waals surface area (Å²) in [4.78, 5) is 6.12. The molecule has 0 aliphatic rings. The van der Waals surface area contributed by atoms with Crippen molar-refractivity contribution >= 4 is 27.3 Å². The molecule has 0 fully saturated rings. The van der Waals surface area contributed by atoms with Gasteiger partial charge in [-0.1, -0.05) is 43.1 Å². The molecular weight excluding hydrogens is 258 g/mol. The van der Waals surface area contributed by atoms with E-state index in [4.69, 9.17) is 4.98 Å². The summed E-state index contributed by atoms with van der Waals surface area (Å²) >= 11 is 5.40. The Hall–Kier alpha value is 0.110. The van der Waals surface area contributed by atoms with Gasteiger partial charge in [-0.05, 0) is 12.3 Å². The SMILES string of the molecule is CCCc1nc(CC(C)C)sc1CBr. The molecule has 0 saturated heterocycles. The van der Waals surface area contributed by atoms with Gasteiger partial charge in [-0.25, -0.2) is 4.98 Å². The Morgan fingerprint density at radius 2 is 2.14 bits per heavy atom. The quantitative estimate of drug-likeness (QED) is 0.735. The molecule has 0 bridgehead atoms. The van der Waals surface area contributed by atoms with Crippen LogP contribution < -0.4 is 0 Å². The van der Waals surface area contributed by atoms with Gasteiger partial charge in [0.2, 0.25) is 0 Å². The summed E-state index contributed by atoms with van der Waals surface area (Å²) in [5.41, 5.74) is 1.31. The summed E-state index contributed by atoms with van der Waals surface area (Å²) in [6.45, 7) is 6.70. The minimum Gasteiger partial charge on any atom is -0.246 e. The molecule has 1 rings (SSSR count). The van der Waals surface area contributed by atoms with E-state index < -0.39 is 0 Å². The number of aryl methyl sites for hydroxylation is 1. The van der Waals surface area contributed by atoms with Gasteiger partial charge in [0.15, 0.2) is 0 Å². The number of halogens is 1. The second kappa shape index (κ2) is 5.86. The van der Waals surface area contributed by atoms with Gasteiger partial charge in [0.05, 0.1) is 10.7 Å². The van der Waals surface area contributed by atoms with Crippen LogP contribution in [0.3, 0.4) is 0 Å². The number of nitrogens with zero attached hydrogens (tertiary/aromatic N) is 1. The average molecular weight is 276 g/mol. The van der Waals surface area contributed by atoms with Crippen LogP contribution in [0, 0.1) is 5.92 Å². The first kappa shape index (κ1) is 12.2. The zero-order valence-electron chi connectivity index (χ0n) is 9.14. The summed E-state index contributed by atoms with van der Waals surface area (Å²) in [6, 6.07) is 0. The smallest absolute Gasteiger partial charge is 0.0933 e. The maximum absolute atomic E-state index is 4.70. The Kier molecular flexibility index (Phi) is 5.10. The number of hydrogen-bond acceptors (Lipinski definition) is 2. The average Bonchev–Trinajstić information content (AvgIpc) is 2.47. The first-order valence-corrected chi connectivity index (χ1v) is 7.14. The van der Waals surface area contributed by atoms with Crippen LogP contribution in [0.5, 0.6) is 0 Å². The van der Waals surface area contributed by atoms with Crippen LogP contribution in [0.1, 0.15) is 42.8 Å². The van der Waals surface area contributed by atoms with Gasteiger partial charge in [-0.3, -0.25) is 0 Å². The highest BCUT2D eigenvalue weighted by Gasteiger charge is 2.10. The third-order valence-electron chi connectivity index (χ3n) is 2.01. The van der Waals surface area contributed by atoms with Crippen molar-refractivity contribution in [2.75, 3.05) is 0 Å². The van der Waals surface area contributed by atoms with E-state index in [0.717, 1.165) is 18.2 Å². The van der Waals surface area contributed by atoms with Gasteiger partial charge >= 0.3 is 0 Å². The highest BCUT2D eigenvalue weighted by atomic mass is 79.9. The second-order valence-corrected chi connectivity index (χ2v) is 5.69. The number of rotatable bonds is 5. The number of hydrogen-bond donors (Lipinski definition) is 0. The molecule has 3 heteroatoms. The fourth-order valence-electron chi connectivity index (χ4n) is 1.41. The Labute approximate surface area is 99.1 Å². The molecule has 1 nitrogen and oxygen atoms in total. The van der Waals surface area contributed by atoms with E-state index in [1.807, 2.05) is 11.3 Å². The normalized spacial score (nSPS) is 11.2. The molecule has 0 spiro atoms. The van der Waals surface area contributed by atoms with Crippen molar-refractivity contribution in [2.24, 2.45) is 5.92 Å². The Morgan fingerprint density at radius 1 is 1.43 bits per heavy atom. The molecule has 0 aromatic carbocycles. The molecule has 0 saturated carbocycles. The molecule has 14 heavy (non-hydrogen) atoms. The predicted molar refractivity (Wildman–Crippen MR) is 67.3 cm³/mol. The zero-order valence-corrected chi connectivity index (χ0v) is 11.5. The number of thiazole rings is 1. The van der Waals surface area contributed by atoms with Crippen molar-refractivity contribution in [3.63, 3.8) is 0 Å². The fourth-order valence-corrected chi connectivity index (χ4v) is 3.25. The molecule has 1 aromatic rings. The van der Waals surface area contributed by atoms with Gasteiger partial charge in [0.1, 0.15) is 0 Å². The second-order valence-electron chi connectivity index (χ2n) is 3.96. The molecule has 0 radical (unpaired) electrons. The van der Waals surface area contributed by atoms with Crippen molar-refractivity contribution in [1.29, 1.82) is 0 Å². The van der Waals surface area contributed by atoms with Gasteiger partial charge in [0, 0.05) is 16.6 Å². The number of aromatic nitrogens is 1. The standard InChI is InChI=1S/C11H18BrNS/c1-4-5-9-10(7-12)14-11(13-9)6-8(2)3/h8H,4-7H2,1-3H3. The predicted octanol–water partition coefficient (Wildman–Crippen LogP) is 4.19. The van der Waals surface area contributed by atoms with Crippen LogP contribution in [0.4, 0.5) is 0 Å². The van der Waals surface area contributed by atoms with Crippen molar-refractivity contribution in [1.82, 2.24) is 4.98 Å². The lowest BCUT2D eigenvalue weighted by Gasteiger charge is -1.98. The van der Waals surface area contributed by atoms with Crippen molar-refractivity contribution in [2.45, 2.75) is 45.4 Å². The highest BCUT2D eigenvalue weighted by molar-refractivity contribution is 9.08. The minimum absolute atomic E-state index is 0.707. The van der Waals surface area contributed by atoms with Crippen molar-refractivity contribution in [3.8, 4) is 0 Å². The van der Waals surface area contributed by atoms with Crippen molar-refractivity contribution < 1.29 is 0 Å². The van der Waals surface area contributed by atoms with E-state index in [2.05, 4.69) is 36.7 Å². The van der Waals surface area contributed by atoms with Gasteiger partial charge < -0.3 is 0 Å². The van der Waals surface area contributed by atoms with Crippen LogP contribution in [-0.2, 0) is 18.2 Å². The molecule has 80 valence electrons. The summed E-state index contributed by atoms with van der Waals surface area (Å²) in [5, 5.41) is 2.26. The molecule has 0 amide bonds. The van der Waals surface area contributed by atoms with Crippen LogP contribution in [0.15, 0.2) is 0 Å². The maximum Gasteiger partial charge on any atom is 0.0933 e. The monoisotopic (exact) mass is 275 g/mol. The molecule has 0 unspecified atom stereocenters. The zero-order chi connectivity index (χ0) is 10.6. The summed E-state index contributed by atoms with van der Waals surface area (Å²) in [6.07, 6.45) is 3.43. The largest absolute Gasteiger partial charge is 0.246 e. The highest BCUT2D eigenvalue weighted by Crippen LogP contribution is 2.24. The molecular formula is C11H18BrNS. The van der Waals surface area contributed by atoms with Gasteiger partial charge in [-0.2, -0.15) is 0 Å². The van der Waals surface area contributed by atoms with E-state index >= 15 is 0 Å². The summed E-state index contributed by atoms with van der Waals surface area (Å²) in [5.74, 6) is 0.707. The van der Waals surface area contributed by atoms with Crippen LogP contribution in [0.2, 0.25) is 0 Å². The fraction of sp³-hybridized carbons (Fsp3) is 0.727. The Balaban J connectivity index is 2.77. The molecule has 0 N–H and O–H groups in total. The van der Waals surface area contributed by atoms with E-state index in [1.165, 1.54) is 22.0 Å². The lowest BCUT2D eigenvalue weighted by atomic mass is 10.1. The van der Waals surface area contributed by atoms with E-state index in [-0.39, 0.29) is 0 Å². The van der Waals surface area contributed by atoms with Crippen molar-refractivity contribution in [3.05, 3.63) is 15.6 Å². The molecule has 0 atom stereocenters. The molecule has 0 aliphatic heterocycles. The molecule has 1 aromatic heterocycles. The lowest BCUT2D eigenvalue weighted by molar-refractivity contribution is 0.642. The molecule has 1 heterocycles. The van der Waals surface area contributed by atoms with E-state index in [1.54, 1.807) is 0 Å². The van der Waals surface area contributed by atoms with Gasteiger partial charge in [-0.15, -0.1) is 11.3 Å². The van der Waals surface area contributed by atoms with Gasteiger partial charge in [0.25, 0.3) is 0 Å². The summed E-state index contributed by atoms with van der Waals surface area (Å²) in [7, 11) is 0. The Morgan fingerprint density at radius 3 is 2.64 bits per heavy atom. The topological polar surface area (TPSA) is 12.9 Å².